The molecule has 4 atom stereocenters. The summed E-state index contributed by atoms with van der Waals surface area (Å²) < 4.78 is 5.27. The van der Waals surface area contributed by atoms with Gasteiger partial charge >= 0.3 is 5.97 Å². The van der Waals surface area contributed by atoms with E-state index >= 15 is 0 Å². The average Bonchev–Trinajstić information content (AvgIpc) is 2.99. The maximum Gasteiger partial charge on any atom is 0.377 e. The molecular formula is C33H46N6O7. The number of benzene rings is 2. The Morgan fingerprint density at radius 1 is 0.717 bits per heavy atom. The largest absolute Gasteiger partial charge is 0.454 e. The van der Waals surface area contributed by atoms with Crippen LogP contribution in [0, 0.1) is 0 Å². The Kier molecular flexibility index (Phi) is 15.0. The van der Waals surface area contributed by atoms with E-state index in [1.165, 1.54) is 0 Å². The highest BCUT2D eigenvalue weighted by molar-refractivity contribution is 6.36. The van der Waals surface area contributed by atoms with E-state index in [-0.39, 0.29) is 12.8 Å². The van der Waals surface area contributed by atoms with Crippen LogP contribution in [0.4, 0.5) is 0 Å². The first-order chi connectivity index (χ1) is 21.7. The first kappa shape index (κ1) is 37.6. The zero-order valence-corrected chi connectivity index (χ0v) is 26.6. The molecule has 250 valence electrons. The number of Topliss-reactive ketones (excluding diaryl/α,β-unsaturated/α-hetero) is 1. The second-order valence-electron chi connectivity index (χ2n) is 12.0. The van der Waals surface area contributed by atoms with Gasteiger partial charge < -0.3 is 37.9 Å². The zero-order chi connectivity index (χ0) is 34.3. The first-order valence-corrected chi connectivity index (χ1v) is 15.2. The number of hydrogen-bond donors (Lipinski definition) is 6. The Balaban J connectivity index is 2.34. The molecule has 9 N–H and O–H groups in total. The van der Waals surface area contributed by atoms with Gasteiger partial charge in [-0.15, -0.1) is 0 Å². The number of ketones is 1. The van der Waals surface area contributed by atoms with E-state index in [4.69, 9.17) is 21.9 Å². The number of primary amides is 1. The van der Waals surface area contributed by atoms with Crippen molar-refractivity contribution in [2.45, 2.75) is 89.1 Å². The molecule has 4 amide bonds. The number of nitrogens with two attached hydrogens (primary N) is 3. The Hall–Kier alpha value is -4.62. The van der Waals surface area contributed by atoms with Crippen LogP contribution in [0.25, 0.3) is 0 Å². The summed E-state index contributed by atoms with van der Waals surface area (Å²) in [5, 5.41) is 7.65. The second-order valence-corrected chi connectivity index (χ2v) is 12.0. The van der Waals surface area contributed by atoms with E-state index in [0.717, 1.165) is 0 Å². The SMILES string of the molecule is CC(C)(C)OC(=O)C(=O)[C@H](Cc1ccccc1)NC(=O)[C@H](Cc1ccccc1)NC(=O)[C@H](CC(N)=O)NC(=O)[C@@H](N)CCCCN. The third-order valence-electron chi connectivity index (χ3n) is 6.78. The van der Waals surface area contributed by atoms with Crippen molar-refractivity contribution in [3.63, 3.8) is 0 Å². The molecule has 0 saturated carbocycles. The van der Waals surface area contributed by atoms with Gasteiger partial charge in [0.1, 0.15) is 23.7 Å². The highest BCUT2D eigenvalue weighted by Gasteiger charge is 2.34. The molecule has 0 unspecified atom stereocenters. The topological polar surface area (TPSA) is 226 Å². The molecule has 0 saturated heterocycles. The van der Waals surface area contributed by atoms with Crippen molar-refractivity contribution in [3.05, 3.63) is 71.8 Å². The standard InChI is InChI=1S/C33H46N6O7/c1-33(2,3)46-32(45)28(41)24(18-21-12-6-4-7-13-21)37-30(43)25(19-22-14-8-5-9-15-22)39-31(44)26(20-27(36)40)38-29(42)23(35)16-10-11-17-34/h4-9,12-15,23-26H,10-11,16-20,34-35H2,1-3H3,(H2,36,40)(H,37,43)(H,38,42)(H,39,44)/t23-,24-,25-,26-/m0/s1. The van der Waals surface area contributed by atoms with Gasteiger partial charge in [-0.3, -0.25) is 24.0 Å². The Morgan fingerprint density at radius 3 is 1.70 bits per heavy atom. The number of amides is 4. The van der Waals surface area contributed by atoms with Gasteiger partial charge in [-0.2, -0.15) is 0 Å². The highest BCUT2D eigenvalue weighted by atomic mass is 16.6. The number of ether oxygens (including phenoxy) is 1. The van der Waals surface area contributed by atoms with Crippen LogP contribution in [-0.2, 0) is 46.3 Å². The van der Waals surface area contributed by atoms with Crippen molar-refractivity contribution in [2.24, 2.45) is 17.2 Å². The molecule has 0 fully saturated rings. The van der Waals surface area contributed by atoms with Gasteiger partial charge in [-0.05, 0) is 51.3 Å². The number of hydrogen-bond acceptors (Lipinski definition) is 9. The molecule has 0 radical (unpaired) electrons. The zero-order valence-electron chi connectivity index (χ0n) is 26.6. The summed E-state index contributed by atoms with van der Waals surface area (Å²) in [6.45, 7) is 5.27. The van der Waals surface area contributed by atoms with Crippen molar-refractivity contribution in [2.75, 3.05) is 6.54 Å². The van der Waals surface area contributed by atoms with E-state index in [0.29, 0.717) is 36.9 Å². The van der Waals surface area contributed by atoms with Crippen LogP contribution >= 0.6 is 0 Å². The van der Waals surface area contributed by atoms with Gasteiger partial charge in [0.25, 0.3) is 5.78 Å². The molecule has 0 bridgehead atoms. The van der Waals surface area contributed by atoms with E-state index in [9.17, 15) is 28.8 Å². The number of esters is 1. The van der Waals surface area contributed by atoms with Crippen molar-refractivity contribution < 1.29 is 33.5 Å². The monoisotopic (exact) mass is 638 g/mol. The normalized spacial score (nSPS) is 13.8. The number of unbranched alkanes of at least 4 members (excludes halogenated alkanes) is 1. The van der Waals surface area contributed by atoms with Crippen LogP contribution < -0.4 is 33.2 Å². The molecule has 46 heavy (non-hydrogen) atoms. The third kappa shape index (κ3) is 13.6. The highest BCUT2D eigenvalue weighted by Crippen LogP contribution is 2.12. The molecule has 0 aromatic heterocycles. The molecule has 2 aromatic rings. The Morgan fingerprint density at radius 2 is 1.20 bits per heavy atom. The smallest absolute Gasteiger partial charge is 0.377 e. The van der Waals surface area contributed by atoms with Gasteiger partial charge in [-0.25, -0.2) is 4.79 Å². The molecule has 2 aromatic carbocycles. The summed E-state index contributed by atoms with van der Waals surface area (Å²) in [6, 6.07) is 12.5. The minimum Gasteiger partial charge on any atom is -0.454 e. The van der Waals surface area contributed by atoms with E-state index < -0.39 is 71.6 Å². The van der Waals surface area contributed by atoms with E-state index in [2.05, 4.69) is 16.0 Å². The average molecular weight is 639 g/mol. The van der Waals surface area contributed by atoms with Gasteiger partial charge in [0.05, 0.1) is 12.5 Å². The van der Waals surface area contributed by atoms with Crippen molar-refractivity contribution >= 4 is 35.4 Å². The molecular weight excluding hydrogens is 592 g/mol. The molecule has 13 heteroatoms. The lowest BCUT2D eigenvalue weighted by molar-refractivity contribution is -0.163. The quantitative estimate of drug-likeness (QED) is 0.0742. The molecule has 0 aliphatic heterocycles. The van der Waals surface area contributed by atoms with Crippen LogP contribution in [0.5, 0.6) is 0 Å². The number of carbonyl (C=O) groups is 6. The second kappa shape index (κ2) is 18.4. The summed E-state index contributed by atoms with van der Waals surface area (Å²) in [6.07, 6.45) is 0.946. The third-order valence-corrected chi connectivity index (χ3v) is 6.78. The number of rotatable bonds is 18. The minimum atomic E-state index is -1.43. The fraction of sp³-hybridized carbons (Fsp3) is 0.455. The summed E-state index contributed by atoms with van der Waals surface area (Å²) in [5.74, 6) is -5.28. The van der Waals surface area contributed by atoms with Crippen LogP contribution in [0.2, 0.25) is 0 Å². The lowest BCUT2D eigenvalue weighted by atomic mass is 10.00. The number of carbonyl (C=O) groups excluding carboxylic acids is 6. The van der Waals surface area contributed by atoms with Crippen molar-refractivity contribution in [3.8, 4) is 0 Å². The van der Waals surface area contributed by atoms with Gasteiger partial charge in [-0.1, -0.05) is 67.1 Å². The lowest BCUT2D eigenvalue weighted by Crippen LogP contribution is -2.58. The summed E-state index contributed by atoms with van der Waals surface area (Å²) in [7, 11) is 0. The van der Waals surface area contributed by atoms with Gasteiger partial charge in [0, 0.05) is 12.8 Å². The minimum absolute atomic E-state index is 0.0209. The lowest BCUT2D eigenvalue weighted by Gasteiger charge is -2.26. The molecule has 0 heterocycles. The van der Waals surface area contributed by atoms with Gasteiger partial charge in [0.15, 0.2) is 0 Å². The van der Waals surface area contributed by atoms with Crippen molar-refractivity contribution in [1.82, 2.24) is 16.0 Å². The summed E-state index contributed by atoms with van der Waals surface area (Å²) in [4.78, 5) is 77.8. The van der Waals surface area contributed by atoms with E-state index in [1.54, 1.807) is 81.4 Å². The molecule has 13 nitrogen and oxygen atoms in total. The van der Waals surface area contributed by atoms with Crippen LogP contribution in [0.1, 0.15) is 57.6 Å². The maximum absolute atomic E-state index is 13.8. The fourth-order valence-corrected chi connectivity index (χ4v) is 4.46. The molecule has 0 aliphatic rings. The predicted molar refractivity (Wildman–Crippen MR) is 172 cm³/mol. The van der Waals surface area contributed by atoms with Crippen molar-refractivity contribution in [1.29, 1.82) is 0 Å². The summed E-state index contributed by atoms with van der Waals surface area (Å²) >= 11 is 0. The molecule has 0 aliphatic carbocycles. The fourth-order valence-electron chi connectivity index (χ4n) is 4.46. The molecule has 0 spiro atoms. The Labute approximate surface area is 269 Å². The molecule has 2 rings (SSSR count). The maximum atomic E-state index is 13.8. The summed E-state index contributed by atoms with van der Waals surface area (Å²) in [5.41, 5.74) is 17.2. The number of nitrogens with one attached hydrogen (secondary N) is 3. The van der Waals surface area contributed by atoms with E-state index in [1.807, 2.05) is 0 Å². The predicted octanol–water partition coefficient (Wildman–Crippen LogP) is 0.169. The van der Waals surface area contributed by atoms with Crippen LogP contribution in [-0.4, -0.2) is 71.7 Å². The van der Waals surface area contributed by atoms with Crippen LogP contribution in [0.3, 0.4) is 0 Å². The Bertz CT molecular complexity index is 1330. The first-order valence-electron chi connectivity index (χ1n) is 15.2. The van der Waals surface area contributed by atoms with Gasteiger partial charge in [0.2, 0.25) is 23.6 Å². The van der Waals surface area contributed by atoms with Crippen LogP contribution in [0.15, 0.2) is 60.7 Å².